The number of esters is 1. The SMILES string of the molecule is COC(=O)c1c(NC(=O)c2cc(OC)c(OC)c(OC)c2)sc(C(=O)NC(C)c2ccccc2)c1C. The molecule has 3 aromatic rings. The van der Waals surface area contributed by atoms with Gasteiger partial charge in [-0.25, -0.2) is 4.79 Å². The molecule has 0 saturated carbocycles. The summed E-state index contributed by atoms with van der Waals surface area (Å²) in [5.74, 6) is -0.637. The van der Waals surface area contributed by atoms with Crippen molar-refractivity contribution in [2.24, 2.45) is 0 Å². The van der Waals surface area contributed by atoms with Gasteiger partial charge in [0, 0.05) is 5.56 Å². The van der Waals surface area contributed by atoms with Gasteiger partial charge in [0.25, 0.3) is 11.8 Å². The van der Waals surface area contributed by atoms with Gasteiger partial charge in [0.1, 0.15) is 5.00 Å². The monoisotopic (exact) mass is 512 g/mol. The number of benzene rings is 2. The fraction of sp³-hybridized carbons (Fsp3) is 0.269. The molecule has 1 aromatic heterocycles. The van der Waals surface area contributed by atoms with Crippen LogP contribution in [0, 0.1) is 6.92 Å². The summed E-state index contributed by atoms with van der Waals surface area (Å²) in [6.07, 6.45) is 0. The Kier molecular flexibility index (Phi) is 8.55. The zero-order valence-electron chi connectivity index (χ0n) is 20.9. The summed E-state index contributed by atoms with van der Waals surface area (Å²) >= 11 is 0.994. The quantitative estimate of drug-likeness (QED) is 0.403. The molecule has 0 radical (unpaired) electrons. The molecule has 1 atom stereocenters. The van der Waals surface area contributed by atoms with Gasteiger partial charge in [0.15, 0.2) is 11.5 Å². The molecular weight excluding hydrogens is 484 g/mol. The molecule has 9 nitrogen and oxygen atoms in total. The summed E-state index contributed by atoms with van der Waals surface area (Å²) < 4.78 is 20.9. The number of ether oxygens (including phenoxy) is 4. The molecule has 2 aromatic carbocycles. The van der Waals surface area contributed by atoms with Crippen molar-refractivity contribution < 1.29 is 33.3 Å². The second-order valence-electron chi connectivity index (χ2n) is 7.73. The van der Waals surface area contributed by atoms with Gasteiger partial charge < -0.3 is 29.6 Å². The van der Waals surface area contributed by atoms with Crippen LogP contribution in [-0.2, 0) is 4.74 Å². The predicted octanol–water partition coefficient (Wildman–Crippen LogP) is 4.61. The highest BCUT2D eigenvalue weighted by atomic mass is 32.1. The van der Waals surface area contributed by atoms with E-state index < -0.39 is 11.9 Å². The average molecular weight is 513 g/mol. The van der Waals surface area contributed by atoms with Crippen LogP contribution in [0.4, 0.5) is 5.00 Å². The van der Waals surface area contributed by atoms with Crippen molar-refractivity contribution in [3.63, 3.8) is 0 Å². The molecule has 10 heteroatoms. The zero-order valence-corrected chi connectivity index (χ0v) is 21.7. The highest BCUT2D eigenvalue weighted by Crippen LogP contribution is 2.39. The lowest BCUT2D eigenvalue weighted by atomic mass is 10.1. The highest BCUT2D eigenvalue weighted by Gasteiger charge is 2.28. The number of hydrogen-bond acceptors (Lipinski definition) is 8. The Morgan fingerprint density at radius 2 is 1.50 bits per heavy atom. The second-order valence-corrected chi connectivity index (χ2v) is 8.75. The van der Waals surface area contributed by atoms with Gasteiger partial charge in [0.2, 0.25) is 5.75 Å². The van der Waals surface area contributed by atoms with Crippen LogP contribution in [0.5, 0.6) is 17.2 Å². The third-order valence-corrected chi connectivity index (χ3v) is 6.75. The molecule has 2 amide bonds. The molecule has 0 spiro atoms. The van der Waals surface area contributed by atoms with E-state index in [1.54, 1.807) is 6.92 Å². The summed E-state index contributed by atoms with van der Waals surface area (Å²) in [6, 6.07) is 12.2. The Labute approximate surface area is 213 Å². The Hall–Kier alpha value is -4.05. The Bertz CT molecular complexity index is 1250. The largest absolute Gasteiger partial charge is 0.493 e. The molecule has 0 fully saturated rings. The van der Waals surface area contributed by atoms with Crippen molar-refractivity contribution in [1.82, 2.24) is 5.32 Å². The first-order valence-electron chi connectivity index (χ1n) is 10.9. The highest BCUT2D eigenvalue weighted by molar-refractivity contribution is 7.18. The van der Waals surface area contributed by atoms with E-state index >= 15 is 0 Å². The minimum absolute atomic E-state index is 0.112. The van der Waals surface area contributed by atoms with Crippen LogP contribution in [0.2, 0.25) is 0 Å². The van der Waals surface area contributed by atoms with Crippen molar-refractivity contribution in [1.29, 1.82) is 0 Å². The molecule has 190 valence electrons. The lowest BCUT2D eigenvalue weighted by molar-refractivity contribution is 0.0601. The van der Waals surface area contributed by atoms with Crippen molar-refractivity contribution in [3.8, 4) is 17.2 Å². The molecule has 2 N–H and O–H groups in total. The average Bonchev–Trinajstić information content (AvgIpc) is 3.22. The number of methoxy groups -OCH3 is 4. The fourth-order valence-corrected chi connectivity index (χ4v) is 4.73. The zero-order chi connectivity index (χ0) is 26.4. The number of hydrogen-bond donors (Lipinski definition) is 2. The number of rotatable bonds is 9. The summed E-state index contributed by atoms with van der Waals surface area (Å²) in [4.78, 5) is 39.1. The fourth-order valence-electron chi connectivity index (χ4n) is 3.64. The van der Waals surface area contributed by atoms with Gasteiger partial charge in [0.05, 0.1) is 44.9 Å². The van der Waals surface area contributed by atoms with Crippen LogP contribution in [-0.4, -0.2) is 46.2 Å². The van der Waals surface area contributed by atoms with E-state index in [-0.39, 0.29) is 28.1 Å². The van der Waals surface area contributed by atoms with Crippen molar-refractivity contribution in [2.45, 2.75) is 19.9 Å². The maximum atomic E-state index is 13.2. The number of carbonyl (C=O) groups is 3. The van der Waals surface area contributed by atoms with E-state index in [2.05, 4.69) is 10.6 Å². The van der Waals surface area contributed by atoms with Gasteiger partial charge >= 0.3 is 5.97 Å². The van der Waals surface area contributed by atoms with E-state index in [9.17, 15) is 14.4 Å². The van der Waals surface area contributed by atoms with Crippen molar-refractivity contribution in [2.75, 3.05) is 33.8 Å². The first-order chi connectivity index (χ1) is 17.2. The Morgan fingerprint density at radius 1 is 0.889 bits per heavy atom. The van der Waals surface area contributed by atoms with Gasteiger partial charge in [-0.1, -0.05) is 30.3 Å². The number of thiophene rings is 1. The molecule has 1 unspecified atom stereocenters. The first-order valence-corrected chi connectivity index (χ1v) is 11.8. The topological polar surface area (TPSA) is 112 Å². The van der Waals surface area contributed by atoms with Gasteiger partial charge in [-0.3, -0.25) is 9.59 Å². The van der Waals surface area contributed by atoms with Crippen LogP contribution in [0.15, 0.2) is 42.5 Å². The Morgan fingerprint density at radius 3 is 2.03 bits per heavy atom. The summed E-state index contributed by atoms with van der Waals surface area (Å²) in [5.41, 5.74) is 1.66. The Balaban J connectivity index is 1.95. The molecule has 0 saturated heterocycles. The summed E-state index contributed by atoms with van der Waals surface area (Å²) in [6.45, 7) is 3.50. The van der Waals surface area contributed by atoms with E-state index in [1.165, 1.54) is 40.6 Å². The third kappa shape index (κ3) is 5.44. The molecule has 0 aliphatic rings. The lowest BCUT2D eigenvalue weighted by Crippen LogP contribution is -2.26. The van der Waals surface area contributed by atoms with Crippen LogP contribution < -0.4 is 24.8 Å². The van der Waals surface area contributed by atoms with Crippen molar-refractivity contribution in [3.05, 3.63) is 69.6 Å². The normalized spacial score (nSPS) is 11.3. The summed E-state index contributed by atoms with van der Waals surface area (Å²) in [7, 11) is 5.58. The van der Waals surface area contributed by atoms with Crippen LogP contribution in [0.1, 0.15) is 54.5 Å². The first kappa shape index (κ1) is 26.6. The van der Waals surface area contributed by atoms with Crippen LogP contribution in [0.25, 0.3) is 0 Å². The maximum absolute atomic E-state index is 13.2. The molecule has 36 heavy (non-hydrogen) atoms. The predicted molar refractivity (Wildman–Crippen MR) is 137 cm³/mol. The number of amides is 2. The molecule has 1 heterocycles. The standard InChI is InChI=1S/C26H28N2O7S/c1-14-20(26(31)35-6)25(36-22(14)24(30)27-15(2)16-10-8-7-9-11-16)28-23(29)17-12-18(32-3)21(34-5)19(13-17)33-4/h7-13,15H,1-6H3,(H,27,30)(H,28,29). The van der Waals surface area contributed by atoms with E-state index in [1.807, 2.05) is 37.3 Å². The maximum Gasteiger partial charge on any atom is 0.341 e. The number of anilines is 1. The van der Waals surface area contributed by atoms with E-state index in [4.69, 9.17) is 18.9 Å². The minimum Gasteiger partial charge on any atom is -0.493 e. The molecule has 0 aliphatic carbocycles. The summed E-state index contributed by atoms with van der Waals surface area (Å²) in [5, 5.41) is 5.86. The smallest absolute Gasteiger partial charge is 0.341 e. The molecule has 0 aliphatic heterocycles. The minimum atomic E-state index is -0.668. The van der Waals surface area contributed by atoms with Gasteiger partial charge in [-0.05, 0) is 37.1 Å². The molecule has 0 bridgehead atoms. The second kappa shape index (κ2) is 11.6. The third-order valence-electron chi connectivity index (χ3n) is 5.54. The lowest BCUT2D eigenvalue weighted by Gasteiger charge is -2.14. The number of carbonyl (C=O) groups excluding carboxylic acids is 3. The molecular formula is C26H28N2O7S. The van der Waals surface area contributed by atoms with Crippen LogP contribution >= 0.6 is 11.3 Å². The number of nitrogens with one attached hydrogen (secondary N) is 2. The van der Waals surface area contributed by atoms with E-state index in [0.717, 1.165) is 16.9 Å². The van der Waals surface area contributed by atoms with Gasteiger partial charge in [-0.2, -0.15) is 0 Å². The van der Waals surface area contributed by atoms with Gasteiger partial charge in [-0.15, -0.1) is 11.3 Å². The van der Waals surface area contributed by atoms with Crippen LogP contribution in [0.3, 0.4) is 0 Å². The molecule has 3 rings (SSSR count). The van der Waals surface area contributed by atoms with Crippen molar-refractivity contribution >= 4 is 34.1 Å². The van der Waals surface area contributed by atoms with E-state index in [0.29, 0.717) is 27.7 Å².